The lowest BCUT2D eigenvalue weighted by atomic mass is 9.89. The van der Waals surface area contributed by atoms with Gasteiger partial charge in [0.05, 0.1) is 0 Å². The maximum absolute atomic E-state index is 6.08. The molecule has 0 aliphatic heterocycles. The van der Waals surface area contributed by atoms with Crippen molar-refractivity contribution in [1.82, 2.24) is 15.0 Å². The zero-order valence-corrected chi connectivity index (χ0v) is 61.2. The largest absolute Gasteiger partial charge is 0.436 e. The van der Waals surface area contributed by atoms with E-state index < -0.39 is 0 Å². The van der Waals surface area contributed by atoms with Gasteiger partial charge in [0.1, 0.15) is 16.6 Å². The molecule has 9 heteroatoms. The Labute approximate surface area is 614 Å². The Hall–Kier alpha value is -11.9. The van der Waals surface area contributed by atoms with Crippen LogP contribution in [0.1, 0.15) is 44.5 Å². The van der Waals surface area contributed by atoms with Gasteiger partial charge in [0, 0.05) is 82.8 Å². The van der Waals surface area contributed by atoms with Crippen LogP contribution in [0.25, 0.3) is 184 Å². The third-order valence-corrected chi connectivity index (χ3v) is 23.8. The maximum Gasteiger partial charge on any atom is 0.227 e. The molecule has 20 rings (SSSR count). The molecule has 0 radical (unpaired) electrons. The lowest BCUT2D eigenvalue weighted by Crippen LogP contribution is -1.91. The molecule has 0 bridgehead atoms. The van der Waals surface area contributed by atoms with Crippen LogP contribution in [0.3, 0.4) is 0 Å². The summed E-state index contributed by atoms with van der Waals surface area (Å²) < 4.78 is 26.0. The fraction of sp³-hybridized carbons (Fsp3) is 0.0842. The van der Waals surface area contributed by atoms with Gasteiger partial charge >= 0.3 is 0 Å². The highest BCUT2D eigenvalue weighted by molar-refractivity contribution is 7.27. The minimum Gasteiger partial charge on any atom is -0.436 e. The molecule has 6 nitrogen and oxygen atoms in total. The van der Waals surface area contributed by atoms with E-state index in [-0.39, 0.29) is 0 Å². The molecular formula is C95H69N3O3S3. The van der Waals surface area contributed by atoms with Crippen molar-refractivity contribution in [1.29, 1.82) is 0 Å². The molecule has 0 spiro atoms. The summed E-state index contributed by atoms with van der Waals surface area (Å²) in [7, 11) is 0. The van der Waals surface area contributed by atoms with Crippen molar-refractivity contribution in [3.8, 4) is 90.0 Å². The summed E-state index contributed by atoms with van der Waals surface area (Å²) in [5.41, 5.74) is 30.9. The van der Waals surface area contributed by atoms with E-state index in [0.29, 0.717) is 17.7 Å². The molecule has 0 unspecified atom stereocenters. The van der Waals surface area contributed by atoms with Crippen molar-refractivity contribution >= 4 is 128 Å². The number of aryl methyl sites for hydroxylation is 8. The van der Waals surface area contributed by atoms with Crippen LogP contribution in [-0.2, 0) is 0 Å². The zero-order valence-electron chi connectivity index (χ0n) is 58.8. The average Bonchev–Trinajstić information content (AvgIpc) is 1.56. The molecule has 0 saturated heterocycles. The first-order chi connectivity index (χ1) is 50.8. The minimum atomic E-state index is 0.647. The van der Waals surface area contributed by atoms with Crippen LogP contribution in [-0.4, -0.2) is 15.0 Å². The van der Waals surface area contributed by atoms with Crippen LogP contribution in [0.4, 0.5) is 0 Å². The minimum absolute atomic E-state index is 0.647. The van der Waals surface area contributed by atoms with Crippen LogP contribution >= 0.6 is 34.0 Å². The van der Waals surface area contributed by atoms with Gasteiger partial charge in [-0.3, -0.25) is 0 Å². The quantitative estimate of drug-likeness (QED) is 0.151. The average molecular weight is 1400 g/mol. The molecule has 6 aromatic heterocycles. The predicted molar refractivity (Wildman–Crippen MR) is 442 cm³/mol. The number of para-hydroxylation sites is 3. The Morgan fingerprint density at radius 1 is 0.240 bits per heavy atom. The van der Waals surface area contributed by atoms with E-state index in [2.05, 4.69) is 285 Å². The van der Waals surface area contributed by atoms with Gasteiger partial charge in [-0.15, -0.1) is 34.0 Å². The molecule has 0 fully saturated rings. The summed E-state index contributed by atoms with van der Waals surface area (Å²) in [6.07, 6.45) is 0. The van der Waals surface area contributed by atoms with E-state index in [1.54, 1.807) is 0 Å². The predicted octanol–water partition coefficient (Wildman–Crippen LogP) is 28.4. The Kier molecular flexibility index (Phi) is 16.2. The smallest absolute Gasteiger partial charge is 0.227 e. The first-order valence-corrected chi connectivity index (χ1v) is 37.6. The zero-order chi connectivity index (χ0) is 70.4. The Morgan fingerprint density at radius 3 is 1.21 bits per heavy atom. The fourth-order valence-corrected chi connectivity index (χ4v) is 19.0. The molecule has 0 atom stereocenters. The van der Waals surface area contributed by atoms with Crippen LogP contribution in [0.2, 0.25) is 0 Å². The Balaban J connectivity index is 0.000000116. The molecule has 0 saturated carbocycles. The first-order valence-electron chi connectivity index (χ1n) is 35.2. The summed E-state index contributed by atoms with van der Waals surface area (Å²) in [5.74, 6) is 1.98. The number of fused-ring (bicyclic) bond motifs is 12. The van der Waals surface area contributed by atoms with Gasteiger partial charge in [0.2, 0.25) is 17.7 Å². The van der Waals surface area contributed by atoms with E-state index in [0.717, 1.165) is 55.6 Å². The molecule has 0 aliphatic rings. The van der Waals surface area contributed by atoms with Gasteiger partial charge in [0.15, 0.2) is 16.7 Å². The third kappa shape index (κ3) is 11.7. The van der Waals surface area contributed by atoms with Crippen LogP contribution in [0, 0.1) is 55.4 Å². The van der Waals surface area contributed by atoms with Gasteiger partial charge in [0.25, 0.3) is 0 Å². The van der Waals surface area contributed by atoms with E-state index in [1.165, 1.54) is 155 Å². The number of nitrogens with zero attached hydrogens (tertiary/aromatic N) is 3. The van der Waals surface area contributed by atoms with Gasteiger partial charge < -0.3 is 13.3 Å². The number of rotatable bonds is 8. The maximum atomic E-state index is 6.08. The normalized spacial score (nSPS) is 11.7. The van der Waals surface area contributed by atoms with Gasteiger partial charge in [-0.25, -0.2) is 15.0 Å². The van der Waals surface area contributed by atoms with Crippen molar-refractivity contribution in [2.45, 2.75) is 55.4 Å². The van der Waals surface area contributed by atoms with Gasteiger partial charge in [-0.05, 0) is 242 Å². The number of hydrogen-bond donors (Lipinski definition) is 0. The van der Waals surface area contributed by atoms with Gasteiger partial charge in [-0.2, -0.15) is 0 Å². The second-order valence-electron chi connectivity index (χ2n) is 27.5. The van der Waals surface area contributed by atoms with E-state index >= 15 is 0 Å². The number of oxazole rings is 3. The second-order valence-corrected chi connectivity index (χ2v) is 30.6. The molecule has 0 amide bonds. The lowest BCUT2D eigenvalue weighted by Gasteiger charge is -2.15. The summed E-state index contributed by atoms with van der Waals surface area (Å²) >= 11 is 5.60. The van der Waals surface area contributed by atoms with Crippen molar-refractivity contribution in [3.63, 3.8) is 0 Å². The molecule has 500 valence electrons. The molecule has 6 heterocycles. The van der Waals surface area contributed by atoms with E-state index in [1.807, 2.05) is 82.5 Å². The Bertz CT molecular complexity index is 6680. The third-order valence-electron chi connectivity index (χ3n) is 20.1. The molecule has 14 aromatic carbocycles. The standard InChI is InChI=1S/C43H35NOS.2C26H17NOS/c1-24-17-26(3)40(27(4)18-24)32-15-16-39-35(21-32)36-23-33(41-28(5)19-25(2)20-29(41)6)22-34(42(36)46-39)30-11-13-31(14-12-30)43-44-37-9-7-8-10-38(37)45-43;1-16-6-4-10-22-24(16)27-26(28-22)18-14-12-17(13-15-18)19-8-5-9-21-20-7-2-3-11-23(20)29-25(19)21;1-16-9-14-23-22(15-16)27-26(28-23)18-12-10-17(11-13-18)19-6-4-7-21-20-5-2-3-8-24(20)29-25(19)21/h7-23H,1-6H3;2*2-15H,1H3. The molecular weight excluding hydrogens is 1330 g/mol. The van der Waals surface area contributed by atoms with Crippen LogP contribution in [0.15, 0.2) is 286 Å². The van der Waals surface area contributed by atoms with Crippen molar-refractivity contribution in [2.75, 3.05) is 0 Å². The number of benzene rings is 14. The summed E-state index contributed by atoms with van der Waals surface area (Å²) in [5, 5.41) is 7.91. The number of hydrogen-bond acceptors (Lipinski definition) is 9. The topological polar surface area (TPSA) is 78.1 Å². The SMILES string of the molecule is Cc1cc(C)c(-c2ccc3sc4c(-c5ccc(-c6nc7ccccc7o6)cc5)cc(-c5c(C)cc(C)cc5C)cc4c3c2)c(C)c1.Cc1ccc2oc(-c3ccc(-c4cccc5c4sc4ccccc45)cc3)nc2c1.Cc1cccc2oc(-c3ccc(-c4cccc5c4sc4ccccc45)cc3)nc12. The summed E-state index contributed by atoms with van der Waals surface area (Å²) in [6.45, 7) is 17.4. The number of thiophene rings is 3. The van der Waals surface area contributed by atoms with Crippen LogP contribution < -0.4 is 0 Å². The fourth-order valence-electron chi connectivity index (χ4n) is 15.4. The highest BCUT2D eigenvalue weighted by atomic mass is 32.1. The highest BCUT2D eigenvalue weighted by Gasteiger charge is 2.21. The van der Waals surface area contributed by atoms with E-state index in [4.69, 9.17) is 23.2 Å². The molecule has 104 heavy (non-hydrogen) atoms. The monoisotopic (exact) mass is 1400 g/mol. The first kappa shape index (κ1) is 64.3. The molecule has 0 aliphatic carbocycles. The lowest BCUT2D eigenvalue weighted by molar-refractivity contribution is 0.619. The Morgan fingerprint density at radius 2 is 0.654 bits per heavy atom. The van der Waals surface area contributed by atoms with E-state index in [9.17, 15) is 0 Å². The molecule has 20 aromatic rings. The van der Waals surface area contributed by atoms with Crippen molar-refractivity contribution < 1.29 is 13.3 Å². The second kappa shape index (κ2) is 26.2. The highest BCUT2D eigenvalue weighted by Crippen LogP contribution is 2.47. The number of aromatic nitrogens is 3. The summed E-state index contributed by atoms with van der Waals surface area (Å²) in [6, 6.07) is 97.2. The van der Waals surface area contributed by atoms with Crippen molar-refractivity contribution in [3.05, 3.63) is 317 Å². The van der Waals surface area contributed by atoms with Crippen LogP contribution in [0.5, 0.6) is 0 Å². The van der Waals surface area contributed by atoms with Gasteiger partial charge in [-0.1, -0.05) is 181 Å². The molecule has 0 N–H and O–H groups in total. The summed E-state index contributed by atoms with van der Waals surface area (Å²) in [4.78, 5) is 14.1. The van der Waals surface area contributed by atoms with Crippen molar-refractivity contribution in [2.24, 2.45) is 0 Å².